The number of benzene rings is 1. The quantitative estimate of drug-likeness (QED) is 0.721. The maximum Gasteiger partial charge on any atom is 0.332 e. The fourth-order valence-corrected chi connectivity index (χ4v) is 2.62. The van der Waals surface area contributed by atoms with Crippen LogP contribution in [0.3, 0.4) is 0 Å². The Morgan fingerprint density at radius 2 is 2.15 bits per heavy atom. The van der Waals surface area contributed by atoms with E-state index in [0.29, 0.717) is 5.69 Å². The number of nitrogens with one attached hydrogen (secondary N) is 1. The lowest BCUT2D eigenvalue weighted by atomic mass is 10.2. The van der Waals surface area contributed by atoms with E-state index in [1.807, 2.05) is 0 Å². The Hall–Kier alpha value is -2.54. The van der Waals surface area contributed by atoms with Crippen molar-refractivity contribution in [2.75, 3.05) is 0 Å². The summed E-state index contributed by atoms with van der Waals surface area (Å²) in [5.74, 6) is -0.390. The molecule has 3 aromatic rings. The molecule has 2 aromatic heterocycles. The number of thiazole rings is 1. The maximum absolute atomic E-state index is 11.9. The second-order valence-electron chi connectivity index (χ2n) is 4.23. The molecule has 0 atom stereocenters. The predicted octanol–water partition coefficient (Wildman–Crippen LogP) is 1.34. The third-order valence-electron chi connectivity index (χ3n) is 2.91. The lowest BCUT2D eigenvalue weighted by Crippen LogP contribution is -2.32. The molecule has 6 nitrogen and oxygen atoms in total. The number of hydrogen-bond donors (Lipinski definition) is 1. The summed E-state index contributed by atoms with van der Waals surface area (Å²) in [5.41, 5.74) is 1.83. The van der Waals surface area contributed by atoms with Crippen LogP contribution in [0, 0.1) is 0 Å². The van der Waals surface area contributed by atoms with Gasteiger partial charge in [-0.05, 0) is 25.1 Å². The summed E-state index contributed by atoms with van der Waals surface area (Å²) in [6, 6.07) is 5.29. The van der Waals surface area contributed by atoms with E-state index in [4.69, 9.17) is 0 Å². The molecule has 0 radical (unpaired) electrons. The number of rotatable bonds is 2. The molecule has 20 heavy (non-hydrogen) atoms. The van der Waals surface area contributed by atoms with Gasteiger partial charge in [-0.25, -0.2) is 9.78 Å². The normalized spacial score (nSPS) is 10.8. The van der Waals surface area contributed by atoms with E-state index in [1.54, 1.807) is 23.7 Å². The summed E-state index contributed by atoms with van der Waals surface area (Å²) >= 11 is 1.45. The molecule has 0 spiro atoms. The number of aromatic amines is 1. The topological polar surface area (TPSA) is 84.8 Å². The lowest BCUT2D eigenvalue weighted by molar-refractivity contribution is 0.101. The zero-order valence-corrected chi connectivity index (χ0v) is 11.2. The molecule has 0 bridgehead atoms. The van der Waals surface area contributed by atoms with E-state index in [9.17, 15) is 14.4 Å². The average Bonchev–Trinajstić information content (AvgIpc) is 2.85. The number of ketones is 1. The summed E-state index contributed by atoms with van der Waals surface area (Å²) in [4.78, 5) is 41.1. The van der Waals surface area contributed by atoms with Crippen LogP contribution >= 0.6 is 11.3 Å². The number of Topliss-reactive ketones (excluding diaryl/α,β-unsaturated/α-hetero) is 1. The van der Waals surface area contributed by atoms with Crippen molar-refractivity contribution < 1.29 is 4.79 Å². The van der Waals surface area contributed by atoms with Crippen LogP contribution in [0.1, 0.15) is 17.3 Å². The zero-order chi connectivity index (χ0) is 14.3. The summed E-state index contributed by atoms with van der Waals surface area (Å²) in [7, 11) is 0. The first-order chi connectivity index (χ1) is 9.56. The fraction of sp³-hybridized carbons (Fsp3) is 0.0769. The third kappa shape index (κ3) is 1.97. The third-order valence-corrected chi connectivity index (χ3v) is 3.71. The minimum atomic E-state index is -0.669. The first-order valence-electron chi connectivity index (χ1n) is 5.77. The molecule has 3 rings (SSSR count). The van der Waals surface area contributed by atoms with Gasteiger partial charge in [0.05, 0.1) is 27.0 Å². The van der Waals surface area contributed by atoms with E-state index in [0.717, 1.165) is 10.2 Å². The van der Waals surface area contributed by atoms with Gasteiger partial charge in [-0.1, -0.05) is 0 Å². The molecule has 0 fully saturated rings. The highest BCUT2D eigenvalue weighted by Gasteiger charge is 2.10. The van der Waals surface area contributed by atoms with Crippen LogP contribution in [-0.4, -0.2) is 20.3 Å². The minimum Gasteiger partial charge on any atom is -0.294 e. The molecular weight excluding hydrogens is 278 g/mol. The molecule has 7 heteroatoms. The van der Waals surface area contributed by atoms with Crippen molar-refractivity contribution in [3.8, 4) is 5.69 Å². The van der Waals surface area contributed by atoms with Crippen LogP contribution < -0.4 is 11.2 Å². The number of carbonyl (C=O) groups is 1. The Bertz CT molecular complexity index is 936. The molecular formula is C13H9N3O3S. The van der Waals surface area contributed by atoms with Crippen molar-refractivity contribution in [1.29, 1.82) is 0 Å². The number of aromatic nitrogens is 3. The number of hydrogen-bond acceptors (Lipinski definition) is 5. The van der Waals surface area contributed by atoms with Gasteiger partial charge in [-0.2, -0.15) is 0 Å². The number of nitrogens with zero attached hydrogens (tertiary/aromatic N) is 2. The second-order valence-corrected chi connectivity index (χ2v) is 5.12. The Balaban J connectivity index is 2.27. The van der Waals surface area contributed by atoms with E-state index < -0.39 is 11.2 Å². The van der Waals surface area contributed by atoms with Gasteiger partial charge in [-0.15, -0.1) is 11.3 Å². The Morgan fingerprint density at radius 3 is 2.90 bits per heavy atom. The van der Waals surface area contributed by atoms with Gasteiger partial charge in [0.1, 0.15) is 0 Å². The zero-order valence-electron chi connectivity index (χ0n) is 10.4. The van der Waals surface area contributed by atoms with Crippen molar-refractivity contribution >= 4 is 27.3 Å². The molecule has 0 aliphatic rings. The van der Waals surface area contributed by atoms with Gasteiger partial charge < -0.3 is 0 Å². The largest absolute Gasteiger partial charge is 0.332 e. The molecule has 0 aliphatic heterocycles. The molecule has 0 amide bonds. The lowest BCUT2D eigenvalue weighted by Gasteiger charge is -2.06. The summed E-state index contributed by atoms with van der Waals surface area (Å²) in [5, 5.41) is 0. The highest BCUT2D eigenvalue weighted by molar-refractivity contribution is 7.16. The SMILES string of the molecule is CC(=O)c1cn(-c2ccc3ncsc3c2)c(=O)[nH]c1=O. The smallest absolute Gasteiger partial charge is 0.294 e. The van der Waals surface area contributed by atoms with E-state index >= 15 is 0 Å². The van der Waals surface area contributed by atoms with Crippen LogP contribution in [0.2, 0.25) is 0 Å². The van der Waals surface area contributed by atoms with Gasteiger partial charge in [0.25, 0.3) is 5.56 Å². The van der Waals surface area contributed by atoms with Crippen LogP contribution in [0.5, 0.6) is 0 Å². The van der Waals surface area contributed by atoms with Crippen LogP contribution in [0.25, 0.3) is 15.9 Å². The van der Waals surface area contributed by atoms with Crippen LogP contribution in [-0.2, 0) is 0 Å². The summed E-state index contributed by atoms with van der Waals surface area (Å²) in [6.45, 7) is 1.28. The molecule has 1 aromatic carbocycles. The standard InChI is InChI=1S/C13H9N3O3S/c1-7(17)9-5-16(13(19)15-12(9)18)8-2-3-10-11(4-8)20-6-14-10/h2-6H,1H3,(H,15,18,19). The van der Waals surface area contributed by atoms with Gasteiger partial charge in [0, 0.05) is 6.20 Å². The number of carbonyl (C=O) groups excluding carboxylic acids is 1. The Morgan fingerprint density at radius 1 is 1.35 bits per heavy atom. The molecule has 0 unspecified atom stereocenters. The van der Waals surface area contributed by atoms with Crippen molar-refractivity contribution in [3.05, 3.63) is 56.3 Å². The van der Waals surface area contributed by atoms with E-state index in [1.165, 1.54) is 29.0 Å². The monoisotopic (exact) mass is 287 g/mol. The fourth-order valence-electron chi connectivity index (χ4n) is 1.91. The molecule has 0 aliphatic carbocycles. The number of H-pyrrole nitrogens is 1. The van der Waals surface area contributed by atoms with E-state index in [-0.39, 0.29) is 11.3 Å². The second kappa shape index (κ2) is 4.53. The Labute approximate surface area is 116 Å². The molecule has 1 N–H and O–H groups in total. The van der Waals surface area contributed by atoms with Crippen molar-refractivity contribution in [2.45, 2.75) is 6.92 Å². The van der Waals surface area contributed by atoms with Crippen molar-refractivity contribution in [1.82, 2.24) is 14.5 Å². The van der Waals surface area contributed by atoms with Crippen molar-refractivity contribution in [3.63, 3.8) is 0 Å². The van der Waals surface area contributed by atoms with Crippen LogP contribution in [0.4, 0.5) is 0 Å². The minimum absolute atomic E-state index is 0.0472. The highest BCUT2D eigenvalue weighted by Crippen LogP contribution is 2.20. The van der Waals surface area contributed by atoms with Crippen molar-refractivity contribution in [2.24, 2.45) is 0 Å². The molecule has 0 saturated carbocycles. The number of fused-ring (bicyclic) bond motifs is 1. The van der Waals surface area contributed by atoms with Gasteiger partial charge in [-0.3, -0.25) is 19.1 Å². The van der Waals surface area contributed by atoms with Gasteiger partial charge in [0.2, 0.25) is 0 Å². The predicted molar refractivity (Wildman–Crippen MR) is 75.8 cm³/mol. The van der Waals surface area contributed by atoms with Gasteiger partial charge in [0.15, 0.2) is 5.78 Å². The highest BCUT2D eigenvalue weighted by atomic mass is 32.1. The Kier molecular flexibility index (Phi) is 2.83. The summed E-state index contributed by atoms with van der Waals surface area (Å²) in [6.07, 6.45) is 1.27. The first-order valence-corrected chi connectivity index (χ1v) is 6.65. The summed E-state index contributed by atoms with van der Waals surface area (Å²) < 4.78 is 2.17. The molecule has 2 heterocycles. The van der Waals surface area contributed by atoms with E-state index in [2.05, 4.69) is 9.97 Å². The van der Waals surface area contributed by atoms with Crippen LogP contribution in [0.15, 0.2) is 39.5 Å². The molecule has 100 valence electrons. The van der Waals surface area contributed by atoms with Gasteiger partial charge >= 0.3 is 5.69 Å². The molecule has 0 saturated heterocycles. The maximum atomic E-state index is 11.9. The first kappa shape index (κ1) is 12.5. The average molecular weight is 287 g/mol.